The molecule has 0 bridgehead atoms. The van der Waals surface area contributed by atoms with Crippen molar-refractivity contribution in [1.82, 2.24) is 19.5 Å². The highest BCUT2D eigenvalue weighted by Gasteiger charge is 2.30. The summed E-state index contributed by atoms with van der Waals surface area (Å²) in [5, 5.41) is 13.0. The summed E-state index contributed by atoms with van der Waals surface area (Å²) in [4.78, 5) is 13.6. The molecule has 28 heavy (non-hydrogen) atoms. The Kier molecular flexibility index (Phi) is 5.59. The van der Waals surface area contributed by atoms with Crippen LogP contribution >= 0.6 is 15.9 Å². The molecule has 2 heterocycles. The molecule has 1 unspecified atom stereocenters. The fourth-order valence-electron chi connectivity index (χ4n) is 4.75. The average molecular weight is 445 g/mol. The summed E-state index contributed by atoms with van der Waals surface area (Å²) in [5.41, 5.74) is 1.51. The van der Waals surface area contributed by atoms with Crippen LogP contribution in [0.4, 0.5) is 5.82 Å². The number of anilines is 1. The van der Waals surface area contributed by atoms with Gasteiger partial charge >= 0.3 is 0 Å². The Morgan fingerprint density at radius 1 is 1.07 bits per heavy atom. The Balaban J connectivity index is 1.73. The first kappa shape index (κ1) is 19.6. The second-order valence-corrected chi connectivity index (χ2v) is 9.52. The third kappa shape index (κ3) is 3.63. The van der Waals surface area contributed by atoms with E-state index in [-0.39, 0.29) is 5.82 Å². The molecule has 2 aromatic heterocycles. The molecule has 2 aliphatic carbocycles. The molecule has 7 heteroatoms. The Labute approximate surface area is 175 Å². The van der Waals surface area contributed by atoms with Crippen molar-refractivity contribution in [1.29, 1.82) is 5.26 Å². The molecular formula is C21H29BrN6. The van der Waals surface area contributed by atoms with E-state index < -0.39 is 0 Å². The SMILES string of the molecule is CC([C@H]1CC[C@H](C)CC1)n1c(Br)nc2nc(C#N)nc(N[C@H](C)C3CCC3)c21. The number of hydrogen-bond acceptors (Lipinski definition) is 5. The van der Waals surface area contributed by atoms with Crippen molar-refractivity contribution in [2.75, 3.05) is 5.32 Å². The minimum Gasteiger partial charge on any atom is -0.365 e. The van der Waals surface area contributed by atoms with Crippen molar-refractivity contribution in [3.05, 3.63) is 10.6 Å². The molecule has 2 saturated carbocycles. The topological polar surface area (TPSA) is 79.4 Å². The molecule has 1 N–H and O–H groups in total. The Hall–Kier alpha value is -1.68. The Morgan fingerprint density at radius 2 is 1.79 bits per heavy atom. The van der Waals surface area contributed by atoms with Gasteiger partial charge in [0.25, 0.3) is 0 Å². The maximum Gasteiger partial charge on any atom is 0.236 e. The van der Waals surface area contributed by atoms with E-state index in [1.165, 1.54) is 44.9 Å². The lowest BCUT2D eigenvalue weighted by molar-refractivity contribution is 0.226. The largest absolute Gasteiger partial charge is 0.365 e. The Morgan fingerprint density at radius 3 is 2.39 bits per heavy atom. The normalized spacial score (nSPS) is 25.1. The molecule has 2 aliphatic rings. The molecular weight excluding hydrogens is 416 g/mol. The van der Waals surface area contributed by atoms with E-state index >= 15 is 0 Å². The average Bonchev–Trinajstić information content (AvgIpc) is 2.96. The highest BCUT2D eigenvalue weighted by molar-refractivity contribution is 9.10. The summed E-state index contributed by atoms with van der Waals surface area (Å²) in [5.74, 6) is 3.04. The van der Waals surface area contributed by atoms with E-state index in [1.807, 2.05) is 0 Å². The molecule has 0 saturated heterocycles. The van der Waals surface area contributed by atoms with Gasteiger partial charge in [-0.2, -0.15) is 15.2 Å². The van der Waals surface area contributed by atoms with Gasteiger partial charge in [0.2, 0.25) is 5.82 Å². The lowest BCUT2D eigenvalue weighted by atomic mass is 9.79. The summed E-state index contributed by atoms with van der Waals surface area (Å²) in [7, 11) is 0. The van der Waals surface area contributed by atoms with Gasteiger partial charge in [-0.05, 0) is 73.2 Å². The molecule has 0 amide bonds. The van der Waals surface area contributed by atoms with Crippen LogP contribution in [-0.4, -0.2) is 25.6 Å². The first-order chi connectivity index (χ1) is 13.5. The number of hydrogen-bond donors (Lipinski definition) is 1. The number of nitrogens with zero attached hydrogens (tertiary/aromatic N) is 5. The van der Waals surface area contributed by atoms with E-state index in [2.05, 4.69) is 67.6 Å². The zero-order valence-corrected chi connectivity index (χ0v) is 18.5. The van der Waals surface area contributed by atoms with Crippen LogP contribution in [0.5, 0.6) is 0 Å². The van der Waals surface area contributed by atoms with Crippen LogP contribution < -0.4 is 5.32 Å². The standard InChI is InChI=1S/C21H29BrN6/c1-12-7-9-16(10-8-12)14(3)28-18-19(24-13(2)15-5-4-6-15)25-17(11-23)26-20(18)27-21(28)22/h12-16H,4-10H2,1-3H3,(H,24,25,26)/t12-,13-,14?,16-/m1/s1. The molecule has 2 aromatic rings. The van der Waals surface area contributed by atoms with E-state index in [4.69, 9.17) is 0 Å². The Bertz CT molecular complexity index is 888. The highest BCUT2D eigenvalue weighted by Crippen LogP contribution is 2.39. The number of aromatic nitrogens is 4. The number of rotatable bonds is 5. The molecule has 0 aromatic carbocycles. The van der Waals surface area contributed by atoms with Gasteiger partial charge in [0.1, 0.15) is 11.6 Å². The predicted octanol–water partition coefficient (Wildman–Crippen LogP) is 5.45. The van der Waals surface area contributed by atoms with Gasteiger partial charge in [-0.1, -0.05) is 26.2 Å². The highest BCUT2D eigenvalue weighted by atomic mass is 79.9. The van der Waals surface area contributed by atoms with Crippen LogP contribution in [0.25, 0.3) is 11.2 Å². The number of imidazole rings is 1. The lowest BCUT2D eigenvalue weighted by Gasteiger charge is -2.33. The van der Waals surface area contributed by atoms with Crippen LogP contribution in [-0.2, 0) is 0 Å². The molecule has 0 aliphatic heterocycles. The predicted molar refractivity (Wildman–Crippen MR) is 114 cm³/mol. The molecule has 6 nitrogen and oxygen atoms in total. The molecule has 0 spiro atoms. The van der Waals surface area contributed by atoms with E-state index in [9.17, 15) is 5.26 Å². The quantitative estimate of drug-likeness (QED) is 0.620. The number of fused-ring (bicyclic) bond motifs is 1. The van der Waals surface area contributed by atoms with Gasteiger partial charge in [-0.25, -0.2) is 4.98 Å². The summed E-state index contributed by atoms with van der Waals surface area (Å²) in [6, 6.07) is 2.72. The minimum absolute atomic E-state index is 0.173. The van der Waals surface area contributed by atoms with Crippen molar-refractivity contribution >= 4 is 32.9 Å². The fourth-order valence-corrected chi connectivity index (χ4v) is 5.42. The van der Waals surface area contributed by atoms with Gasteiger partial charge < -0.3 is 9.88 Å². The smallest absolute Gasteiger partial charge is 0.236 e. The summed E-state index contributed by atoms with van der Waals surface area (Å²) in [6.45, 7) is 6.85. The van der Waals surface area contributed by atoms with Gasteiger partial charge in [-0.15, -0.1) is 0 Å². The summed E-state index contributed by atoms with van der Waals surface area (Å²) < 4.78 is 3.02. The van der Waals surface area contributed by atoms with Crippen molar-refractivity contribution in [2.45, 2.75) is 77.8 Å². The van der Waals surface area contributed by atoms with Crippen molar-refractivity contribution in [3.63, 3.8) is 0 Å². The molecule has 2 fully saturated rings. The number of nitriles is 1. The maximum absolute atomic E-state index is 9.39. The van der Waals surface area contributed by atoms with Gasteiger partial charge in [0.05, 0.1) is 0 Å². The number of nitrogens with one attached hydrogen (secondary N) is 1. The monoisotopic (exact) mass is 444 g/mol. The van der Waals surface area contributed by atoms with Crippen molar-refractivity contribution in [2.24, 2.45) is 17.8 Å². The third-order valence-electron chi connectivity index (χ3n) is 6.97. The van der Waals surface area contributed by atoms with E-state index in [0.717, 1.165) is 22.0 Å². The summed E-state index contributed by atoms with van der Waals surface area (Å²) >= 11 is 3.66. The zero-order valence-electron chi connectivity index (χ0n) is 17.0. The molecule has 0 radical (unpaired) electrons. The number of halogens is 1. The van der Waals surface area contributed by atoms with Crippen LogP contribution in [0.2, 0.25) is 0 Å². The van der Waals surface area contributed by atoms with Crippen molar-refractivity contribution < 1.29 is 0 Å². The second kappa shape index (κ2) is 7.98. The van der Waals surface area contributed by atoms with Gasteiger partial charge in [-0.3, -0.25) is 0 Å². The first-order valence-corrected chi connectivity index (χ1v) is 11.4. The van der Waals surface area contributed by atoms with Crippen molar-refractivity contribution in [3.8, 4) is 6.07 Å². The van der Waals surface area contributed by atoms with Gasteiger partial charge in [0, 0.05) is 12.1 Å². The van der Waals surface area contributed by atoms with Crippen LogP contribution in [0.15, 0.2) is 4.73 Å². The van der Waals surface area contributed by atoms with E-state index in [1.54, 1.807) is 0 Å². The second-order valence-electron chi connectivity index (χ2n) is 8.82. The molecule has 4 rings (SSSR count). The van der Waals surface area contributed by atoms with Crippen LogP contribution in [0.1, 0.15) is 77.6 Å². The fraction of sp³-hybridized carbons (Fsp3) is 0.714. The third-order valence-corrected chi connectivity index (χ3v) is 7.53. The lowest BCUT2D eigenvalue weighted by Crippen LogP contribution is -2.31. The minimum atomic E-state index is 0.173. The molecule has 2 atom stereocenters. The van der Waals surface area contributed by atoms with Crippen LogP contribution in [0, 0.1) is 29.1 Å². The maximum atomic E-state index is 9.39. The zero-order chi connectivity index (χ0) is 19.8. The summed E-state index contributed by atoms with van der Waals surface area (Å²) in [6.07, 6.45) is 8.89. The molecule has 150 valence electrons. The van der Waals surface area contributed by atoms with E-state index in [0.29, 0.717) is 29.6 Å². The van der Waals surface area contributed by atoms with Crippen LogP contribution in [0.3, 0.4) is 0 Å². The van der Waals surface area contributed by atoms with Gasteiger partial charge in [0.15, 0.2) is 16.2 Å². The first-order valence-electron chi connectivity index (χ1n) is 10.6.